The molecule has 2 aliphatic heterocycles. The number of hydrogen-bond donors (Lipinski definition) is 1. The van der Waals surface area contributed by atoms with E-state index in [1.807, 2.05) is 0 Å². The molecule has 3 rings (SSSR count). The van der Waals surface area contributed by atoms with Crippen LogP contribution in [-0.4, -0.2) is 46.1 Å². The molecule has 0 amide bonds. The second-order valence-electron chi connectivity index (χ2n) is 6.88. The summed E-state index contributed by atoms with van der Waals surface area (Å²) in [5.41, 5.74) is 1.03. The third-order valence-corrected chi connectivity index (χ3v) is 5.05. The third-order valence-electron chi connectivity index (χ3n) is 5.05. The average molecular weight is 357 g/mol. The quantitative estimate of drug-likeness (QED) is 0.661. The largest absolute Gasteiger partial charge is 0.710 e. The SMILES string of the molecule is Cc1c(O)c(CN2CCCCC2)nc(CN2CCCCC2)[n+]1[O-].Cl. The Balaban J connectivity index is 0.00000208. The normalized spacial score (nSPS) is 19.9. The van der Waals surface area contributed by atoms with Crippen molar-refractivity contribution in [1.82, 2.24) is 14.8 Å². The highest BCUT2D eigenvalue weighted by Crippen LogP contribution is 2.22. The van der Waals surface area contributed by atoms with Crippen molar-refractivity contribution in [2.75, 3.05) is 26.2 Å². The van der Waals surface area contributed by atoms with Gasteiger partial charge in [-0.1, -0.05) is 12.8 Å². The minimum Gasteiger partial charge on any atom is -0.710 e. The van der Waals surface area contributed by atoms with Gasteiger partial charge in [-0.05, 0) is 56.8 Å². The number of aromatic hydroxyl groups is 1. The summed E-state index contributed by atoms with van der Waals surface area (Å²) in [5, 5.41) is 22.7. The van der Waals surface area contributed by atoms with Gasteiger partial charge in [-0.15, -0.1) is 12.4 Å². The predicted octanol–water partition coefficient (Wildman–Crippen LogP) is 2.12. The van der Waals surface area contributed by atoms with Crippen molar-refractivity contribution >= 4 is 12.4 Å². The number of hydrogen-bond acceptors (Lipinski definition) is 5. The van der Waals surface area contributed by atoms with Crippen LogP contribution in [0.5, 0.6) is 5.75 Å². The molecule has 6 nitrogen and oxygen atoms in total. The molecule has 1 N–H and O–H groups in total. The highest BCUT2D eigenvalue weighted by molar-refractivity contribution is 5.85. The van der Waals surface area contributed by atoms with Crippen LogP contribution < -0.4 is 4.73 Å². The van der Waals surface area contributed by atoms with E-state index in [0.717, 1.165) is 30.9 Å². The van der Waals surface area contributed by atoms with Gasteiger partial charge in [0.15, 0.2) is 0 Å². The van der Waals surface area contributed by atoms with Crippen molar-refractivity contribution in [3.05, 3.63) is 22.4 Å². The number of rotatable bonds is 4. The lowest BCUT2D eigenvalue weighted by Gasteiger charge is -2.27. The van der Waals surface area contributed by atoms with Gasteiger partial charge in [-0.3, -0.25) is 9.80 Å². The molecule has 0 spiro atoms. The first-order valence-electron chi connectivity index (χ1n) is 8.91. The first-order valence-corrected chi connectivity index (χ1v) is 8.91. The Kier molecular flexibility index (Phi) is 7.07. The molecule has 0 aliphatic carbocycles. The molecule has 0 atom stereocenters. The molecule has 3 heterocycles. The summed E-state index contributed by atoms with van der Waals surface area (Å²) in [6, 6.07) is 0. The molecule has 7 heteroatoms. The fourth-order valence-electron chi connectivity index (χ4n) is 3.61. The van der Waals surface area contributed by atoms with Gasteiger partial charge in [0.05, 0.1) is 6.54 Å². The first-order chi connectivity index (χ1) is 11.1. The summed E-state index contributed by atoms with van der Waals surface area (Å²) in [7, 11) is 0. The summed E-state index contributed by atoms with van der Waals surface area (Å²) in [5.74, 6) is 0.585. The van der Waals surface area contributed by atoms with E-state index in [1.165, 1.54) is 38.5 Å². The van der Waals surface area contributed by atoms with Gasteiger partial charge in [-0.2, -0.15) is 0 Å². The topological polar surface area (TPSA) is 66.5 Å². The Morgan fingerprint density at radius 3 is 2.00 bits per heavy atom. The molecule has 24 heavy (non-hydrogen) atoms. The van der Waals surface area contributed by atoms with Crippen LogP contribution in [-0.2, 0) is 13.1 Å². The predicted molar refractivity (Wildman–Crippen MR) is 95.1 cm³/mol. The Morgan fingerprint density at radius 2 is 1.46 bits per heavy atom. The standard InChI is InChI=1S/C17H28N4O2.ClH/c1-14-17(22)15(12-19-8-4-2-5-9-19)18-16(21(14)23)13-20-10-6-3-7-11-20;/h22H,2-13H2,1H3;1H. The molecule has 0 aromatic carbocycles. The van der Waals surface area contributed by atoms with E-state index in [4.69, 9.17) is 0 Å². The Hall–Kier alpha value is -1.11. The molecule has 0 radical (unpaired) electrons. The zero-order chi connectivity index (χ0) is 16.2. The second-order valence-corrected chi connectivity index (χ2v) is 6.88. The monoisotopic (exact) mass is 356 g/mol. The van der Waals surface area contributed by atoms with E-state index < -0.39 is 0 Å². The van der Waals surface area contributed by atoms with E-state index in [2.05, 4.69) is 14.8 Å². The van der Waals surface area contributed by atoms with Crippen LogP contribution >= 0.6 is 12.4 Å². The molecule has 0 saturated carbocycles. The maximum Gasteiger partial charge on any atom is 0.316 e. The van der Waals surface area contributed by atoms with Gasteiger partial charge in [-0.25, -0.2) is 4.73 Å². The highest BCUT2D eigenvalue weighted by atomic mass is 35.5. The summed E-state index contributed by atoms with van der Waals surface area (Å²) in [6.07, 6.45) is 7.34. The van der Waals surface area contributed by atoms with Crippen LogP contribution in [0.15, 0.2) is 0 Å². The number of nitrogens with zero attached hydrogens (tertiary/aromatic N) is 4. The fraction of sp³-hybridized carbons (Fsp3) is 0.765. The van der Waals surface area contributed by atoms with Crippen molar-refractivity contribution < 1.29 is 9.84 Å². The van der Waals surface area contributed by atoms with E-state index in [9.17, 15) is 10.3 Å². The zero-order valence-corrected chi connectivity index (χ0v) is 15.4. The molecule has 2 fully saturated rings. The lowest BCUT2D eigenvalue weighted by atomic mass is 10.1. The molecule has 136 valence electrons. The Labute approximate surface area is 150 Å². The van der Waals surface area contributed by atoms with Crippen molar-refractivity contribution in [2.24, 2.45) is 0 Å². The Morgan fingerprint density at radius 1 is 0.958 bits per heavy atom. The van der Waals surface area contributed by atoms with Crippen molar-refractivity contribution in [3.63, 3.8) is 0 Å². The number of piperidine rings is 2. The first kappa shape index (κ1) is 19.2. The lowest BCUT2D eigenvalue weighted by molar-refractivity contribution is -0.626. The van der Waals surface area contributed by atoms with E-state index in [-0.39, 0.29) is 18.2 Å². The van der Waals surface area contributed by atoms with Crippen LogP contribution in [0.3, 0.4) is 0 Å². The van der Waals surface area contributed by atoms with E-state index in [0.29, 0.717) is 30.3 Å². The summed E-state index contributed by atoms with van der Waals surface area (Å²) >= 11 is 0. The highest BCUT2D eigenvalue weighted by Gasteiger charge is 2.25. The summed E-state index contributed by atoms with van der Waals surface area (Å²) in [4.78, 5) is 9.16. The molecule has 0 bridgehead atoms. The number of aromatic nitrogens is 2. The average Bonchev–Trinajstić information content (AvgIpc) is 2.59. The Bertz CT molecular complexity index is 500. The summed E-state index contributed by atoms with van der Waals surface area (Å²) < 4.78 is 0.809. The molecule has 1 aromatic rings. The van der Waals surface area contributed by atoms with Gasteiger partial charge in [0, 0.05) is 6.92 Å². The van der Waals surface area contributed by atoms with Gasteiger partial charge in [0.25, 0.3) is 0 Å². The molecule has 2 saturated heterocycles. The molecular weight excluding hydrogens is 328 g/mol. The fourth-order valence-corrected chi connectivity index (χ4v) is 3.61. The van der Waals surface area contributed by atoms with Crippen molar-refractivity contribution in [1.29, 1.82) is 0 Å². The molecule has 1 aromatic heterocycles. The maximum absolute atomic E-state index is 12.4. The van der Waals surface area contributed by atoms with E-state index in [1.54, 1.807) is 6.92 Å². The van der Waals surface area contributed by atoms with Gasteiger partial charge in [0.2, 0.25) is 11.4 Å². The van der Waals surface area contributed by atoms with Gasteiger partial charge < -0.3 is 10.3 Å². The van der Waals surface area contributed by atoms with Crippen LogP contribution in [0.1, 0.15) is 55.7 Å². The smallest absolute Gasteiger partial charge is 0.316 e. The van der Waals surface area contributed by atoms with Crippen molar-refractivity contribution in [3.8, 4) is 5.75 Å². The van der Waals surface area contributed by atoms with E-state index >= 15 is 0 Å². The van der Waals surface area contributed by atoms with Crippen LogP contribution in [0.2, 0.25) is 0 Å². The van der Waals surface area contributed by atoms with Crippen LogP contribution in [0, 0.1) is 12.1 Å². The zero-order valence-electron chi connectivity index (χ0n) is 14.5. The number of halogens is 1. The minimum absolute atomic E-state index is 0. The lowest BCUT2D eigenvalue weighted by Crippen LogP contribution is -2.42. The molecule has 0 unspecified atom stereocenters. The third kappa shape index (κ3) is 4.49. The van der Waals surface area contributed by atoms with Gasteiger partial charge in [0.1, 0.15) is 12.2 Å². The molecular formula is C17H29ClN4O2. The van der Waals surface area contributed by atoms with Crippen LogP contribution in [0.25, 0.3) is 0 Å². The minimum atomic E-state index is 0. The number of likely N-dealkylation sites (tertiary alicyclic amines) is 2. The van der Waals surface area contributed by atoms with Crippen molar-refractivity contribution in [2.45, 2.75) is 58.5 Å². The maximum atomic E-state index is 12.4. The summed E-state index contributed by atoms with van der Waals surface area (Å²) in [6.45, 7) is 7.06. The van der Waals surface area contributed by atoms with Crippen LogP contribution in [0.4, 0.5) is 0 Å². The molecule has 2 aliphatic rings. The second kappa shape index (κ2) is 8.83. The van der Waals surface area contributed by atoms with Gasteiger partial charge >= 0.3 is 5.82 Å².